The number of hydrogen-bond donors (Lipinski definition) is 2. The van der Waals surface area contributed by atoms with Crippen molar-refractivity contribution in [2.45, 2.75) is 11.3 Å². The predicted molar refractivity (Wildman–Crippen MR) is 98.3 cm³/mol. The van der Waals surface area contributed by atoms with E-state index in [4.69, 9.17) is 0 Å². The van der Waals surface area contributed by atoms with E-state index in [1.165, 1.54) is 11.9 Å². The van der Waals surface area contributed by atoms with Crippen molar-refractivity contribution in [1.82, 2.24) is 4.90 Å². The fourth-order valence-corrected chi connectivity index (χ4v) is 3.85. The van der Waals surface area contributed by atoms with Gasteiger partial charge in [0.25, 0.3) is 5.91 Å². The zero-order valence-corrected chi connectivity index (χ0v) is 14.3. The standard InChI is InChI=1S/C22H19NO3/c1-23-20(24)18-14-8-9-15-19(18)21(25,16-10-4-2-5-11-16)22(23,26)17-12-6-3-7-13-17/h2-15,25-26H,1H3/t21-,22-/m0/s1. The monoisotopic (exact) mass is 345 g/mol. The molecule has 0 aliphatic carbocycles. The predicted octanol–water partition coefficient (Wildman–Crippen LogP) is 2.85. The largest absolute Gasteiger partial charge is 0.375 e. The molecule has 0 fully saturated rings. The van der Waals surface area contributed by atoms with E-state index in [0.29, 0.717) is 22.3 Å². The van der Waals surface area contributed by atoms with Crippen LogP contribution in [0.15, 0.2) is 84.9 Å². The summed E-state index contributed by atoms with van der Waals surface area (Å²) < 4.78 is 0. The van der Waals surface area contributed by atoms with Gasteiger partial charge in [0, 0.05) is 23.7 Å². The Balaban J connectivity index is 2.11. The number of benzene rings is 3. The fraction of sp³-hybridized carbons (Fsp3) is 0.136. The van der Waals surface area contributed by atoms with Crippen LogP contribution >= 0.6 is 0 Å². The van der Waals surface area contributed by atoms with Crippen LogP contribution < -0.4 is 0 Å². The maximum absolute atomic E-state index is 13.0. The molecule has 2 N–H and O–H groups in total. The van der Waals surface area contributed by atoms with Crippen molar-refractivity contribution in [2.24, 2.45) is 0 Å². The molecule has 1 heterocycles. The Hall–Kier alpha value is -2.95. The van der Waals surface area contributed by atoms with Crippen LogP contribution in [0.25, 0.3) is 0 Å². The molecular formula is C22H19NO3. The fourth-order valence-electron chi connectivity index (χ4n) is 3.85. The van der Waals surface area contributed by atoms with Gasteiger partial charge in [-0.1, -0.05) is 78.9 Å². The summed E-state index contributed by atoms with van der Waals surface area (Å²) in [6.45, 7) is 0. The number of carbonyl (C=O) groups excluding carboxylic acids is 1. The number of aliphatic hydroxyl groups is 2. The molecular weight excluding hydrogens is 326 g/mol. The summed E-state index contributed by atoms with van der Waals surface area (Å²) in [5.41, 5.74) is -2.06. The van der Waals surface area contributed by atoms with Crippen molar-refractivity contribution in [1.29, 1.82) is 0 Å². The minimum absolute atomic E-state index is 0.340. The van der Waals surface area contributed by atoms with Crippen molar-refractivity contribution in [2.75, 3.05) is 7.05 Å². The Morgan fingerprint density at radius 1 is 0.731 bits per heavy atom. The molecule has 0 bridgehead atoms. The highest BCUT2D eigenvalue weighted by Crippen LogP contribution is 2.51. The second-order valence-corrected chi connectivity index (χ2v) is 6.52. The minimum Gasteiger partial charge on any atom is -0.375 e. The number of nitrogens with zero attached hydrogens (tertiary/aromatic N) is 1. The zero-order valence-electron chi connectivity index (χ0n) is 14.3. The lowest BCUT2D eigenvalue weighted by molar-refractivity contribution is -0.213. The second kappa shape index (κ2) is 5.80. The van der Waals surface area contributed by atoms with Crippen molar-refractivity contribution in [3.05, 3.63) is 107 Å². The zero-order chi connectivity index (χ0) is 18.4. The molecule has 2 atom stereocenters. The molecule has 4 nitrogen and oxygen atoms in total. The normalized spacial score (nSPS) is 25.0. The first-order valence-electron chi connectivity index (χ1n) is 8.44. The van der Waals surface area contributed by atoms with Gasteiger partial charge in [0.15, 0.2) is 5.60 Å². The summed E-state index contributed by atoms with van der Waals surface area (Å²) in [6, 6.07) is 24.7. The third kappa shape index (κ3) is 2.00. The summed E-state index contributed by atoms with van der Waals surface area (Å²) in [5.74, 6) is -0.340. The van der Waals surface area contributed by atoms with E-state index in [0.717, 1.165) is 0 Å². The van der Waals surface area contributed by atoms with Gasteiger partial charge in [0.1, 0.15) is 0 Å². The van der Waals surface area contributed by atoms with Crippen molar-refractivity contribution in [3.63, 3.8) is 0 Å². The Kier molecular flexibility index (Phi) is 3.68. The van der Waals surface area contributed by atoms with E-state index < -0.39 is 11.3 Å². The third-order valence-corrected chi connectivity index (χ3v) is 5.21. The van der Waals surface area contributed by atoms with Gasteiger partial charge in [-0.2, -0.15) is 0 Å². The second-order valence-electron chi connectivity index (χ2n) is 6.52. The highest BCUT2D eigenvalue weighted by molar-refractivity contribution is 5.98. The minimum atomic E-state index is -1.96. The highest BCUT2D eigenvalue weighted by Gasteiger charge is 2.61. The number of hydrogen-bond acceptors (Lipinski definition) is 3. The Morgan fingerprint density at radius 3 is 1.85 bits per heavy atom. The van der Waals surface area contributed by atoms with Crippen LogP contribution in [-0.2, 0) is 11.3 Å². The summed E-state index contributed by atoms with van der Waals surface area (Å²) in [6.07, 6.45) is 0. The van der Waals surface area contributed by atoms with E-state index in [9.17, 15) is 15.0 Å². The summed E-state index contributed by atoms with van der Waals surface area (Å²) in [5, 5.41) is 23.9. The number of fused-ring (bicyclic) bond motifs is 1. The van der Waals surface area contributed by atoms with Crippen LogP contribution in [0.2, 0.25) is 0 Å². The van der Waals surface area contributed by atoms with Gasteiger partial charge in [-0.15, -0.1) is 0 Å². The Labute approximate surface area is 152 Å². The summed E-state index contributed by atoms with van der Waals surface area (Å²) >= 11 is 0. The maximum atomic E-state index is 13.0. The first-order chi connectivity index (χ1) is 12.5. The molecule has 0 radical (unpaired) electrons. The molecule has 0 spiro atoms. The summed E-state index contributed by atoms with van der Waals surface area (Å²) in [7, 11) is 1.51. The number of amides is 1. The molecule has 0 aromatic heterocycles. The van der Waals surface area contributed by atoms with E-state index in [1.807, 2.05) is 12.1 Å². The number of carbonyl (C=O) groups is 1. The van der Waals surface area contributed by atoms with Gasteiger partial charge in [0.05, 0.1) is 0 Å². The molecule has 4 heteroatoms. The van der Waals surface area contributed by atoms with Crippen LogP contribution in [0.1, 0.15) is 27.0 Å². The van der Waals surface area contributed by atoms with Gasteiger partial charge >= 0.3 is 0 Å². The van der Waals surface area contributed by atoms with Crippen LogP contribution in [0, 0.1) is 0 Å². The molecule has 1 aliphatic heterocycles. The molecule has 1 aliphatic rings. The number of rotatable bonds is 2. The molecule has 0 saturated heterocycles. The van der Waals surface area contributed by atoms with Crippen LogP contribution in [0.4, 0.5) is 0 Å². The topological polar surface area (TPSA) is 60.8 Å². The Bertz CT molecular complexity index is 957. The van der Waals surface area contributed by atoms with Gasteiger partial charge in [-0.05, 0) is 11.6 Å². The van der Waals surface area contributed by atoms with Gasteiger partial charge in [-0.3, -0.25) is 4.79 Å². The van der Waals surface area contributed by atoms with E-state index in [1.54, 1.807) is 72.8 Å². The van der Waals surface area contributed by atoms with Gasteiger partial charge < -0.3 is 15.1 Å². The number of likely N-dealkylation sites (N-methyl/N-ethyl adjacent to an activating group) is 1. The van der Waals surface area contributed by atoms with Gasteiger partial charge in [0.2, 0.25) is 5.72 Å². The smallest absolute Gasteiger partial charge is 0.256 e. The summed E-state index contributed by atoms with van der Waals surface area (Å²) in [4.78, 5) is 14.2. The lowest BCUT2D eigenvalue weighted by atomic mass is 9.69. The van der Waals surface area contributed by atoms with Crippen LogP contribution in [0.5, 0.6) is 0 Å². The lowest BCUT2D eigenvalue weighted by Crippen LogP contribution is -2.64. The molecule has 4 rings (SSSR count). The molecule has 0 unspecified atom stereocenters. The SMILES string of the molecule is CN1C(=O)c2ccccc2[C@@](O)(c2ccccc2)[C@@]1(O)c1ccccc1. The van der Waals surface area contributed by atoms with Crippen LogP contribution in [0.3, 0.4) is 0 Å². The maximum Gasteiger partial charge on any atom is 0.256 e. The van der Waals surface area contributed by atoms with E-state index >= 15 is 0 Å². The molecule has 3 aromatic carbocycles. The molecule has 1 amide bonds. The first-order valence-corrected chi connectivity index (χ1v) is 8.44. The lowest BCUT2D eigenvalue weighted by Gasteiger charge is -2.52. The molecule has 0 saturated carbocycles. The van der Waals surface area contributed by atoms with Crippen LogP contribution in [-0.4, -0.2) is 28.1 Å². The van der Waals surface area contributed by atoms with E-state index in [-0.39, 0.29) is 5.91 Å². The quantitative estimate of drug-likeness (QED) is 0.751. The van der Waals surface area contributed by atoms with Crippen molar-refractivity contribution in [3.8, 4) is 0 Å². The highest BCUT2D eigenvalue weighted by atomic mass is 16.4. The molecule has 3 aromatic rings. The Morgan fingerprint density at radius 2 is 1.23 bits per heavy atom. The molecule has 26 heavy (non-hydrogen) atoms. The van der Waals surface area contributed by atoms with Gasteiger partial charge in [-0.25, -0.2) is 0 Å². The average Bonchev–Trinajstić information content (AvgIpc) is 2.72. The van der Waals surface area contributed by atoms with Crippen molar-refractivity contribution < 1.29 is 15.0 Å². The third-order valence-electron chi connectivity index (χ3n) is 5.21. The van der Waals surface area contributed by atoms with E-state index in [2.05, 4.69) is 0 Å². The first kappa shape index (κ1) is 16.5. The molecule has 130 valence electrons. The van der Waals surface area contributed by atoms with Crippen molar-refractivity contribution >= 4 is 5.91 Å². The average molecular weight is 345 g/mol.